The number of primary sulfonamides is 1. The standard InChI is InChI=1S/C12H18N2O5S2/c1-19-8-10-4-3-9(7-11(10)21(13,17)18)12(15)14-5-6-20(2)16/h3-4,7H,5-6,8H2,1-2H3,(H,14,15)(H2,13,17,18). The lowest BCUT2D eigenvalue weighted by molar-refractivity contribution is 0.0956. The number of carbonyl (C=O) groups is 1. The predicted octanol–water partition coefficient (Wildman–Crippen LogP) is -0.411. The van der Waals surface area contributed by atoms with Crippen molar-refractivity contribution in [3.63, 3.8) is 0 Å². The summed E-state index contributed by atoms with van der Waals surface area (Å²) in [7, 11) is -3.54. The van der Waals surface area contributed by atoms with Gasteiger partial charge in [-0.2, -0.15) is 0 Å². The van der Waals surface area contributed by atoms with E-state index in [0.29, 0.717) is 11.3 Å². The van der Waals surface area contributed by atoms with Crippen LogP contribution in [0.1, 0.15) is 15.9 Å². The van der Waals surface area contributed by atoms with Crippen LogP contribution in [0.4, 0.5) is 0 Å². The molecule has 0 saturated carbocycles. The van der Waals surface area contributed by atoms with Crippen LogP contribution in [0, 0.1) is 0 Å². The zero-order chi connectivity index (χ0) is 16.0. The zero-order valence-corrected chi connectivity index (χ0v) is 13.4. The summed E-state index contributed by atoms with van der Waals surface area (Å²) in [5.41, 5.74) is 0.548. The lowest BCUT2D eigenvalue weighted by Gasteiger charge is -2.10. The van der Waals surface area contributed by atoms with E-state index in [0.717, 1.165) is 0 Å². The van der Waals surface area contributed by atoms with E-state index in [9.17, 15) is 17.4 Å². The third-order valence-electron chi connectivity index (χ3n) is 2.61. The molecular weight excluding hydrogens is 316 g/mol. The van der Waals surface area contributed by atoms with Gasteiger partial charge in [-0.15, -0.1) is 0 Å². The normalized spacial score (nSPS) is 12.9. The summed E-state index contributed by atoms with van der Waals surface area (Å²) in [5.74, 6) is -0.121. The number of sulfonamides is 1. The molecule has 1 unspecified atom stereocenters. The Kier molecular flexibility index (Phi) is 6.46. The molecule has 0 fully saturated rings. The number of amides is 1. The van der Waals surface area contributed by atoms with Gasteiger partial charge in [0.1, 0.15) is 0 Å². The Balaban J connectivity index is 2.99. The van der Waals surface area contributed by atoms with Gasteiger partial charge in [0.05, 0.1) is 11.5 Å². The van der Waals surface area contributed by atoms with Crippen molar-refractivity contribution in [2.45, 2.75) is 11.5 Å². The van der Waals surface area contributed by atoms with Crippen molar-refractivity contribution < 1.29 is 22.2 Å². The van der Waals surface area contributed by atoms with Crippen LogP contribution >= 0.6 is 0 Å². The number of hydrogen-bond acceptors (Lipinski definition) is 5. The Labute approximate surface area is 126 Å². The molecule has 0 heterocycles. The molecule has 0 spiro atoms. The summed E-state index contributed by atoms with van der Waals surface area (Å²) >= 11 is 0. The van der Waals surface area contributed by atoms with Crippen LogP contribution in [0.25, 0.3) is 0 Å². The van der Waals surface area contributed by atoms with Crippen LogP contribution in [0.2, 0.25) is 0 Å². The molecule has 1 amide bonds. The smallest absolute Gasteiger partial charge is 0.251 e. The first-order valence-electron chi connectivity index (χ1n) is 5.98. The topological polar surface area (TPSA) is 116 Å². The fourth-order valence-electron chi connectivity index (χ4n) is 1.65. The maximum atomic E-state index is 11.9. The number of methoxy groups -OCH3 is 1. The minimum Gasteiger partial charge on any atom is -0.380 e. The molecule has 118 valence electrons. The second-order valence-corrected chi connectivity index (χ2v) is 7.42. The summed E-state index contributed by atoms with van der Waals surface area (Å²) in [6.45, 7) is 0.314. The van der Waals surface area contributed by atoms with Gasteiger partial charge in [-0.1, -0.05) is 6.07 Å². The average molecular weight is 334 g/mol. The molecule has 0 aliphatic heterocycles. The van der Waals surface area contributed by atoms with Gasteiger partial charge in [0.25, 0.3) is 5.91 Å². The molecular formula is C12H18N2O5S2. The van der Waals surface area contributed by atoms with Gasteiger partial charge in [-0.3, -0.25) is 9.00 Å². The maximum Gasteiger partial charge on any atom is 0.251 e. The lowest BCUT2D eigenvalue weighted by Crippen LogP contribution is -2.28. The van der Waals surface area contributed by atoms with Crippen molar-refractivity contribution in [2.24, 2.45) is 5.14 Å². The summed E-state index contributed by atoms with van der Waals surface area (Å²) in [5, 5.41) is 7.70. The minimum atomic E-state index is -3.95. The SMILES string of the molecule is COCc1ccc(C(=O)NCCS(C)=O)cc1S(N)(=O)=O. The third-order valence-corrected chi connectivity index (χ3v) is 4.38. The number of ether oxygens (including phenoxy) is 1. The Hall–Kier alpha value is -1.29. The van der Waals surface area contributed by atoms with E-state index in [1.54, 1.807) is 0 Å². The predicted molar refractivity (Wildman–Crippen MR) is 79.8 cm³/mol. The summed E-state index contributed by atoms with van der Waals surface area (Å²) in [4.78, 5) is 11.8. The van der Waals surface area contributed by atoms with Crippen molar-refractivity contribution >= 4 is 26.7 Å². The number of carbonyl (C=O) groups excluding carboxylic acids is 1. The summed E-state index contributed by atoms with van der Waals surface area (Å²) < 4.78 is 38.9. The molecule has 0 aromatic heterocycles. The maximum absolute atomic E-state index is 11.9. The fourth-order valence-corrected chi connectivity index (χ4v) is 2.82. The van der Waals surface area contributed by atoms with Crippen LogP contribution in [0.3, 0.4) is 0 Å². The number of nitrogens with two attached hydrogens (primary N) is 1. The molecule has 0 saturated heterocycles. The van der Waals surface area contributed by atoms with E-state index in [2.05, 4.69) is 5.32 Å². The quantitative estimate of drug-likeness (QED) is 0.703. The molecule has 21 heavy (non-hydrogen) atoms. The highest BCUT2D eigenvalue weighted by atomic mass is 32.2. The van der Waals surface area contributed by atoms with Crippen molar-refractivity contribution in [1.82, 2.24) is 5.32 Å². The van der Waals surface area contributed by atoms with Crippen molar-refractivity contribution in [3.05, 3.63) is 29.3 Å². The van der Waals surface area contributed by atoms with Crippen LogP contribution in [-0.4, -0.2) is 44.2 Å². The van der Waals surface area contributed by atoms with E-state index in [-0.39, 0.29) is 23.6 Å². The van der Waals surface area contributed by atoms with Gasteiger partial charge < -0.3 is 10.1 Å². The zero-order valence-electron chi connectivity index (χ0n) is 11.8. The molecule has 0 aliphatic rings. The highest BCUT2D eigenvalue weighted by molar-refractivity contribution is 7.89. The Morgan fingerprint density at radius 1 is 1.43 bits per heavy atom. The molecule has 1 aromatic rings. The second kappa shape index (κ2) is 7.64. The van der Waals surface area contributed by atoms with Crippen LogP contribution in [0.15, 0.2) is 23.1 Å². The first kappa shape index (κ1) is 17.8. The van der Waals surface area contributed by atoms with E-state index in [1.165, 1.54) is 31.6 Å². The Morgan fingerprint density at radius 3 is 2.62 bits per heavy atom. The van der Waals surface area contributed by atoms with Gasteiger partial charge in [-0.25, -0.2) is 13.6 Å². The summed E-state index contributed by atoms with van der Waals surface area (Å²) in [6.07, 6.45) is 1.53. The lowest BCUT2D eigenvalue weighted by atomic mass is 10.1. The third kappa shape index (κ3) is 5.54. The van der Waals surface area contributed by atoms with Gasteiger partial charge in [0.2, 0.25) is 10.0 Å². The molecule has 3 N–H and O–H groups in total. The van der Waals surface area contributed by atoms with E-state index in [1.807, 2.05) is 0 Å². The summed E-state index contributed by atoms with van der Waals surface area (Å²) in [6, 6.07) is 4.18. The number of rotatable bonds is 7. The van der Waals surface area contributed by atoms with Gasteiger partial charge in [0.15, 0.2) is 0 Å². The van der Waals surface area contributed by atoms with Gasteiger partial charge >= 0.3 is 0 Å². The Bertz CT molecular complexity index is 643. The molecule has 7 nitrogen and oxygen atoms in total. The largest absolute Gasteiger partial charge is 0.380 e. The average Bonchev–Trinajstić information content (AvgIpc) is 2.37. The van der Waals surface area contributed by atoms with Crippen LogP contribution in [0.5, 0.6) is 0 Å². The molecule has 9 heteroatoms. The van der Waals surface area contributed by atoms with Gasteiger partial charge in [0, 0.05) is 42.0 Å². The van der Waals surface area contributed by atoms with Crippen LogP contribution < -0.4 is 10.5 Å². The minimum absolute atomic E-state index is 0.0719. The highest BCUT2D eigenvalue weighted by Crippen LogP contribution is 2.17. The van der Waals surface area contributed by atoms with Gasteiger partial charge in [-0.05, 0) is 17.7 Å². The Morgan fingerprint density at radius 2 is 2.10 bits per heavy atom. The van der Waals surface area contributed by atoms with E-state index < -0.39 is 26.7 Å². The molecule has 1 atom stereocenters. The molecule has 0 aliphatic carbocycles. The monoisotopic (exact) mass is 334 g/mol. The number of benzene rings is 1. The van der Waals surface area contributed by atoms with Crippen molar-refractivity contribution in [1.29, 1.82) is 0 Å². The molecule has 1 aromatic carbocycles. The van der Waals surface area contributed by atoms with Crippen molar-refractivity contribution in [2.75, 3.05) is 25.7 Å². The first-order chi connectivity index (χ1) is 9.75. The second-order valence-electron chi connectivity index (χ2n) is 4.33. The molecule has 0 radical (unpaired) electrons. The van der Waals surface area contributed by atoms with E-state index >= 15 is 0 Å². The highest BCUT2D eigenvalue weighted by Gasteiger charge is 2.17. The fraction of sp³-hybridized carbons (Fsp3) is 0.417. The first-order valence-corrected chi connectivity index (χ1v) is 9.26. The van der Waals surface area contributed by atoms with Crippen molar-refractivity contribution in [3.8, 4) is 0 Å². The number of hydrogen-bond donors (Lipinski definition) is 2. The molecule has 0 bridgehead atoms. The molecule has 1 rings (SSSR count). The number of nitrogens with one attached hydrogen (secondary N) is 1. The van der Waals surface area contributed by atoms with Crippen LogP contribution in [-0.2, 0) is 32.2 Å². The van der Waals surface area contributed by atoms with E-state index in [4.69, 9.17) is 9.88 Å².